The van der Waals surface area contributed by atoms with Gasteiger partial charge in [0.25, 0.3) is 0 Å². The van der Waals surface area contributed by atoms with Crippen molar-refractivity contribution in [2.24, 2.45) is 0 Å². The second-order valence-electron chi connectivity index (χ2n) is 4.07. The third-order valence-corrected chi connectivity index (χ3v) is 2.53. The van der Waals surface area contributed by atoms with E-state index in [0.29, 0.717) is 36.6 Å². The normalized spacial score (nSPS) is 10.2. The number of rotatable bonds is 8. The topological polar surface area (TPSA) is 61.5 Å². The van der Waals surface area contributed by atoms with Crippen LogP contribution < -0.4 is 10.5 Å². The minimum Gasteiger partial charge on any atom is -0.493 e. The van der Waals surface area contributed by atoms with Gasteiger partial charge in [-0.2, -0.15) is 0 Å². The molecule has 4 nitrogen and oxygen atoms in total. The fraction of sp³-hybridized carbons (Fsp3) is 0.500. The monoisotopic (exact) mass is 269 g/mol. The summed E-state index contributed by atoms with van der Waals surface area (Å²) in [7, 11) is 0. The van der Waals surface area contributed by atoms with Crippen molar-refractivity contribution >= 4 is 11.7 Å². The van der Waals surface area contributed by atoms with E-state index in [2.05, 4.69) is 0 Å². The Morgan fingerprint density at radius 3 is 2.79 bits per heavy atom. The molecule has 5 heteroatoms. The maximum Gasteiger partial charge on any atom is 0.341 e. The second kappa shape index (κ2) is 8.34. The zero-order valence-corrected chi connectivity index (χ0v) is 11.2. The van der Waals surface area contributed by atoms with Gasteiger partial charge in [-0.1, -0.05) is 0 Å². The molecule has 0 saturated carbocycles. The van der Waals surface area contributed by atoms with E-state index in [4.69, 9.17) is 15.2 Å². The number of carbonyl (C=O) groups excluding carboxylic acids is 1. The van der Waals surface area contributed by atoms with E-state index >= 15 is 0 Å². The van der Waals surface area contributed by atoms with Crippen molar-refractivity contribution in [1.29, 1.82) is 0 Å². The van der Waals surface area contributed by atoms with Gasteiger partial charge in [0, 0.05) is 5.69 Å². The summed E-state index contributed by atoms with van der Waals surface area (Å²) in [5.74, 6) is 0.00135. The Balaban J connectivity index is 2.63. The lowest BCUT2D eigenvalue weighted by Gasteiger charge is -2.11. The first-order valence-electron chi connectivity index (χ1n) is 6.44. The highest BCUT2D eigenvalue weighted by Gasteiger charge is 2.14. The molecule has 0 aliphatic carbocycles. The Bertz CT molecular complexity index is 410. The predicted octanol–water partition coefficient (Wildman–Crippen LogP) is 2.96. The number of hydrogen-bond acceptors (Lipinski definition) is 4. The second-order valence-corrected chi connectivity index (χ2v) is 4.07. The Morgan fingerprint density at radius 1 is 1.32 bits per heavy atom. The Kier molecular flexibility index (Phi) is 6.71. The lowest BCUT2D eigenvalue weighted by atomic mass is 10.2. The number of nitrogen functional groups attached to an aromatic ring is 1. The quantitative estimate of drug-likeness (QED) is 0.448. The summed E-state index contributed by atoms with van der Waals surface area (Å²) in [4.78, 5) is 11.7. The van der Waals surface area contributed by atoms with Crippen LogP contribution in [0.15, 0.2) is 18.2 Å². The Labute approximate surface area is 112 Å². The zero-order chi connectivity index (χ0) is 14.1. The van der Waals surface area contributed by atoms with Gasteiger partial charge in [0.15, 0.2) is 0 Å². The van der Waals surface area contributed by atoms with E-state index in [1.54, 1.807) is 19.1 Å². The molecule has 19 heavy (non-hydrogen) atoms. The maximum absolute atomic E-state index is 11.9. The van der Waals surface area contributed by atoms with E-state index < -0.39 is 5.97 Å². The van der Waals surface area contributed by atoms with E-state index in [1.807, 2.05) is 0 Å². The van der Waals surface area contributed by atoms with E-state index in [0.717, 1.165) is 12.8 Å². The van der Waals surface area contributed by atoms with Crippen molar-refractivity contribution in [3.63, 3.8) is 0 Å². The van der Waals surface area contributed by atoms with E-state index in [9.17, 15) is 9.18 Å². The zero-order valence-electron chi connectivity index (χ0n) is 11.2. The molecule has 106 valence electrons. The number of nitrogens with two attached hydrogens (primary N) is 1. The van der Waals surface area contributed by atoms with Crippen LogP contribution in [0.25, 0.3) is 0 Å². The van der Waals surface area contributed by atoms with Crippen LogP contribution in [0.2, 0.25) is 0 Å². The molecular weight excluding hydrogens is 249 g/mol. The highest BCUT2D eigenvalue weighted by Crippen LogP contribution is 2.22. The average molecular weight is 269 g/mol. The third-order valence-electron chi connectivity index (χ3n) is 2.53. The van der Waals surface area contributed by atoms with Crippen molar-refractivity contribution in [1.82, 2.24) is 0 Å². The first-order valence-corrected chi connectivity index (χ1v) is 6.44. The van der Waals surface area contributed by atoms with Crippen LogP contribution in [0.4, 0.5) is 10.1 Å². The summed E-state index contributed by atoms with van der Waals surface area (Å²) in [6.07, 6.45) is 2.05. The summed E-state index contributed by atoms with van der Waals surface area (Å²) >= 11 is 0. The third kappa shape index (κ3) is 5.16. The average Bonchev–Trinajstić information content (AvgIpc) is 2.40. The van der Waals surface area contributed by atoms with Crippen LogP contribution in [-0.2, 0) is 4.74 Å². The summed E-state index contributed by atoms with van der Waals surface area (Å²) < 4.78 is 22.4. The standard InChI is InChI=1S/C14H20FNO3/c1-2-18-14(17)12-10-11(16)6-7-13(12)19-9-5-3-4-8-15/h6-7,10H,2-5,8-9,16H2,1H3. The Hall–Kier alpha value is -1.78. The maximum atomic E-state index is 11.9. The molecule has 0 heterocycles. The predicted molar refractivity (Wildman–Crippen MR) is 72.1 cm³/mol. The molecule has 0 fully saturated rings. The van der Waals surface area contributed by atoms with Crippen molar-refractivity contribution < 1.29 is 18.7 Å². The van der Waals surface area contributed by atoms with Crippen molar-refractivity contribution in [3.8, 4) is 5.75 Å². The van der Waals surface area contributed by atoms with Gasteiger partial charge in [-0.15, -0.1) is 0 Å². The molecule has 0 aliphatic rings. The number of anilines is 1. The summed E-state index contributed by atoms with van der Waals surface area (Å²) in [5, 5.41) is 0. The van der Waals surface area contributed by atoms with E-state index in [1.165, 1.54) is 6.07 Å². The fourth-order valence-electron chi connectivity index (χ4n) is 1.60. The first-order chi connectivity index (χ1) is 9.19. The number of hydrogen-bond donors (Lipinski definition) is 1. The molecule has 0 unspecified atom stereocenters. The number of benzene rings is 1. The largest absolute Gasteiger partial charge is 0.493 e. The number of alkyl halides is 1. The molecule has 2 N–H and O–H groups in total. The van der Waals surface area contributed by atoms with Crippen LogP contribution >= 0.6 is 0 Å². The van der Waals surface area contributed by atoms with Gasteiger partial charge in [0.1, 0.15) is 11.3 Å². The van der Waals surface area contributed by atoms with Gasteiger partial charge in [-0.05, 0) is 44.4 Å². The number of carbonyl (C=O) groups is 1. The molecule has 0 aliphatic heterocycles. The molecule has 1 aromatic rings. The number of esters is 1. The number of unbranched alkanes of at least 4 members (excludes halogenated alkanes) is 2. The highest BCUT2D eigenvalue weighted by atomic mass is 19.1. The van der Waals surface area contributed by atoms with Crippen molar-refractivity contribution in [2.75, 3.05) is 25.6 Å². The molecule has 0 amide bonds. The summed E-state index contributed by atoms with van der Waals surface area (Å²) in [6.45, 7) is 2.16. The van der Waals surface area contributed by atoms with Gasteiger partial charge in [-0.25, -0.2) is 4.79 Å². The van der Waals surface area contributed by atoms with Crippen molar-refractivity contribution in [2.45, 2.75) is 26.2 Å². The van der Waals surface area contributed by atoms with Crippen LogP contribution in [0.5, 0.6) is 5.75 Å². The highest BCUT2D eigenvalue weighted by molar-refractivity contribution is 5.93. The molecule has 0 spiro atoms. The van der Waals surface area contributed by atoms with Crippen molar-refractivity contribution in [3.05, 3.63) is 23.8 Å². The smallest absolute Gasteiger partial charge is 0.341 e. The summed E-state index contributed by atoms with van der Waals surface area (Å²) in [5.41, 5.74) is 6.46. The van der Waals surface area contributed by atoms with Gasteiger partial charge in [-0.3, -0.25) is 4.39 Å². The molecule has 0 bridgehead atoms. The Morgan fingerprint density at radius 2 is 2.11 bits per heavy atom. The van der Waals surface area contributed by atoms with Crippen LogP contribution in [0.1, 0.15) is 36.5 Å². The molecule has 1 rings (SSSR count). The molecule has 1 aromatic carbocycles. The minimum atomic E-state index is -0.450. The lowest BCUT2D eigenvalue weighted by Crippen LogP contribution is -2.09. The van der Waals surface area contributed by atoms with Gasteiger partial charge in [0.05, 0.1) is 19.9 Å². The molecule has 0 atom stereocenters. The molecule has 0 saturated heterocycles. The number of halogens is 1. The SMILES string of the molecule is CCOC(=O)c1cc(N)ccc1OCCCCCF. The van der Waals surface area contributed by atoms with E-state index in [-0.39, 0.29) is 6.67 Å². The van der Waals surface area contributed by atoms with Crippen LogP contribution in [-0.4, -0.2) is 25.9 Å². The van der Waals surface area contributed by atoms with Gasteiger partial charge in [0.2, 0.25) is 0 Å². The number of ether oxygens (including phenoxy) is 2. The van der Waals surface area contributed by atoms with Crippen LogP contribution in [0, 0.1) is 0 Å². The fourth-order valence-corrected chi connectivity index (χ4v) is 1.60. The summed E-state index contributed by atoms with van der Waals surface area (Å²) in [6, 6.07) is 4.85. The van der Waals surface area contributed by atoms with Crippen LogP contribution in [0.3, 0.4) is 0 Å². The molecule has 0 aromatic heterocycles. The lowest BCUT2D eigenvalue weighted by molar-refractivity contribution is 0.0521. The molecule has 0 radical (unpaired) electrons. The molecular formula is C14H20FNO3. The first kappa shape index (κ1) is 15.3. The van der Waals surface area contributed by atoms with Gasteiger partial charge < -0.3 is 15.2 Å². The minimum absolute atomic E-state index is 0.295. The van der Waals surface area contributed by atoms with Gasteiger partial charge >= 0.3 is 5.97 Å².